The zero-order valence-corrected chi connectivity index (χ0v) is 14.4. The molecule has 0 atom stereocenters. The monoisotopic (exact) mass is 370 g/mol. The van der Waals surface area contributed by atoms with Crippen molar-refractivity contribution in [3.8, 4) is 16.2 Å². The van der Waals surface area contributed by atoms with Crippen molar-refractivity contribution in [3.63, 3.8) is 0 Å². The molecule has 132 valence electrons. The Morgan fingerprint density at radius 2 is 1.77 bits per heavy atom. The molecule has 0 spiro atoms. The minimum Gasteiger partial charge on any atom is -0.481 e. The van der Waals surface area contributed by atoms with Crippen LogP contribution in [0, 0.1) is 5.82 Å². The van der Waals surface area contributed by atoms with Gasteiger partial charge in [-0.3, -0.25) is 9.59 Å². The van der Waals surface area contributed by atoms with Crippen LogP contribution in [0.5, 0.6) is 5.75 Å². The average molecular weight is 370 g/mol. The number of para-hydroxylation sites is 1. The summed E-state index contributed by atoms with van der Waals surface area (Å²) in [7, 11) is 0. The maximum atomic E-state index is 13.5. The lowest BCUT2D eigenvalue weighted by molar-refractivity contribution is -0.118. The van der Waals surface area contributed by atoms with Crippen molar-refractivity contribution < 1.29 is 18.7 Å². The summed E-state index contributed by atoms with van der Waals surface area (Å²) < 4.78 is 18.7. The molecule has 0 fully saturated rings. The third-order valence-electron chi connectivity index (χ3n) is 3.50. The van der Waals surface area contributed by atoms with E-state index in [0.29, 0.717) is 5.00 Å². The molecule has 0 unspecified atom stereocenters. The molecule has 3 rings (SSSR count). The Morgan fingerprint density at radius 1 is 1.08 bits per heavy atom. The fourth-order valence-electron chi connectivity index (χ4n) is 2.28. The standard InChI is InChI=1S/C19H15FN2O3S/c20-14-8-4-5-9-15(14)25-11-17(23)22-19-13(18(21)24)10-16(26-19)12-6-2-1-3-7-12/h1-10H,11H2,(H2,21,24)(H,22,23). The van der Waals surface area contributed by atoms with Crippen molar-refractivity contribution in [2.24, 2.45) is 5.73 Å². The van der Waals surface area contributed by atoms with Crippen LogP contribution in [0.15, 0.2) is 60.7 Å². The SMILES string of the molecule is NC(=O)c1cc(-c2ccccc2)sc1NC(=O)COc1ccccc1F. The smallest absolute Gasteiger partial charge is 0.262 e. The number of nitrogens with two attached hydrogens (primary N) is 1. The van der Waals surface area contributed by atoms with Gasteiger partial charge >= 0.3 is 0 Å². The highest BCUT2D eigenvalue weighted by molar-refractivity contribution is 7.20. The zero-order chi connectivity index (χ0) is 18.5. The molecule has 5 nitrogen and oxygen atoms in total. The number of thiophene rings is 1. The second-order valence-corrected chi connectivity index (χ2v) is 6.40. The van der Waals surface area contributed by atoms with Crippen molar-refractivity contribution in [1.82, 2.24) is 0 Å². The highest BCUT2D eigenvalue weighted by atomic mass is 32.1. The van der Waals surface area contributed by atoms with E-state index < -0.39 is 24.2 Å². The van der Waals surface area contributed by atoms with Gasteiger partial charge in [-0.15, -0.1) is 11.3 Å². The number of rotatable bonds is 6. The van der Waals surface area contributed by atoms with E-state index in [1.807, 2.05) is 30.3 Å². The van der Waals surface area contributed by atoms with Gasteiger partial charge in [-0.1, -0.05) is 42.5 Å². The number of carbonyl (C=O) groups excluding carboxylic acids is 2. The lowest BCUT2D eigenvalue weighted by Crippen LogP contribution is -2.22. The van der Waals surface area contributed by atoms with Crippen molar-refractivity contribution >= 4 is 28.2 Å². The second-order valence-electron chi connectivity index (χ2n) is 5.35. The number of amides is 2. The minimum absolute atomic E-state index is 0.0195. The first-order valence-electron chi connectivity index (χ1n) is 7.71. The predicted molar refractivity (Wildman–Crippen MR) is 98.8 cm³/mol. The van der Waals surface area contributed by atoms with E-state index >= 15 is 0 Å². The number of hydrogen-bond acceptors (Lipinski definition) is 4. The van der Waals surface area contributed by atoms with Crippen LogP contribution in [0.2, 0.25) is 0 Å². The lowest BCUT2D eigenvalue weighted by Gasteiger charge is -2.07. The Balaban J connectivity index is 1.74. The molecule has 0 aliphatic rings. The number of primary amides is 1. The maximum absolute atomic E-state index is 13.5. The van der Waals surface area contributed by atoms with E-state index in [-0.39, 0.29) is 11.3 Å². The maximum Gasteiger partial charge on any atom is 0.262 e. The average Bonchev–Trinajstić information content (AvgIpc) is 3.06. The van der Waals surface area contributed by atoms with Crippen molar-refractivity contribution in [1.29, 1.82) is 0 Å². The molecule has 3 aromatic rings. The highest BCUT2D eigenvalue weighted by Crippen LogP contribution is 2.35. The summed E-state index contributed by atoms with van der Waals surface area (Å²) in [6, 6.07) is 16.8. The largest absolute Gasteiger partial charge is 0.481 e. The topological polar surface area (TPSA) is 81.4 Å². The minimum atomic E-state index is -0.645. The van der Waals surface area contributed by atoms with Crippen LogP contribution in [0.1, 0.15) is 10.4 Å². The zero-order valence-electron chi connectivity index (χ0n) is 13.6. The Kier molecular flexibility index (Phi) is 5.28. The van der Waals surface area contributed by atoms with Crippen LogP contribution in [0.4, 0.5) is 9.39 Å². The second kappa shape index (κ2) is 7.79. The fraction of sp³-hybridized carbons (Fsp3) is 0.0526. The number of carbonyl (C=O) groups is 2. The van der Waals surface area contributed by atoms with E-state index in [1.165, 1.54) is 29.5 Å². The molecule has 0 radical (unpaired) electrons. The Morgan fingerprint density at radius 3 is 2.46 bits per heavy atom. The molecule has 0 aliphatic heterocycles. The van der Waals surface area contributed by atoms with Gasteiger partial charge in [-0.25, -0.2) is 4.39 Å². The van der Waals surface area contributed by atoms with Crippen LogP contribution >= 0.6 is 11.3 Å². The van der Waals surface area contributed by atoms with Gasteiger partial charge in [-0.05, 0) is 23.8 Å². The lowest BCUT2D eigenvalue weighted by atomic mass is 10.1. The molecule has 26 heavy (non-hydrogen) atoms. The molecule has 1 heterocycles. The van der Waals surface area contributed by atoms with Gasteiger partial charge in [0.2, 0.25) is 0 Å². The molecule has 0 aliphatic carbocycles. The van der Waals surface area contributed by atoms with Crippen LogP contribution in [-0.4, -0.2) is 18.4 Å². The van der Waals surface area contributed by atoms with E-state index in [2.05, 4.69) is 5.32 Å². The van der Waals surface area contributed by atoms with Crippen LogP contribution in [0.25, 0.3) is 10.4 Å². The number of hydrogen-bond donors (Lipinski definition) is 2. The van der Waals surface area contributed by atoms with E-state index in [0.717, 1.165) is 10.4 Å². The highest BCUT2D eigenvalue weighted by Gasteiger charge is 2.17. The summed E-state index contributed by atoms with van der Waals surface area (Å²) in [5.41, 5.74) is 6.52. The molecule has 7 heteroatoms. The van der Waals surface area contributed by atoms with Gasteiger partial charge in [-0.2, -0.15) is 0 Å². The molecule has 1 aromatic heterocycles. The summed E-state index contributed by atoms with van der Waals surface area (Å²) in [4.78, 5) is 24.6. The first kappa shape index (κ1) is 17.6. The predicted octanol–water partition coefficient (Wildman–Crippen LogP) is 3.67. The molecule has 0 saturated carbocycles. The van der Waals surface area contributed by atoms with E-state index in [4.69, 9.17) is 10.5 Å². The molecule has 0 saturated heterocycles. The van der Waals surface area contributed by atoms with Crippen LogP contribution < -0.4 is 15.8 Å². The molecular weight excluding hydrogens is 355 g/mol. The van der Waals surface area contributed by atoms with Crippen molar-refractivity contribution in [2.75, 3.05) is 11.9 Å². The van der Waals surface area contributed by atoms with E-state index in [9.17, 15) is 14.0 Å². The van der Waals surface area contributed by atoms with Crippen molar-refractivity contribution in [2.45, 2.75) is 0 Å². The Hall–Kier alpha value is -3.19. The summed E-state index contributed by atoms with van der Waals surface area (Å²) in [5.74, 6) is -1.74. The first-order chi connectivity index (χ1) is 12.5. The van der Waals surface area contributed by atoms with Crippen molar-refractivity contribution in [3.05, 3.63) is 72.0 Å². The number of nitrogens with one attached hydrogen (secondary N) is 1. The van der Waals surface area contributed by atoms with Gasteiger partial charge in [0.15, 0.2) is 18.2 Å². The molecule has 2 amide bonds. The Bertz CT molecular complexity index is 941. The third kappa shape index (κ3) is 4.07. The summed E-state index contributed by atoms with van der Waals surface area (Å²) >= 11 is 1.23. The molecular formula is C19H15FN2O3S. The van der Waals surface area contributed by atoms with Gasteiger partial charge in [0.25, 0.3) is 11.8 Å². The van der Waals surface area contributed by atoms with Gasteiger partial charge in [0.05, 0.1) is 5.56 Å². The van der Waals surface area contributed by atoms with Crippen LogP contribution in [0.3, 0.4) is 0 Å². The summed E-state index contributed by atoms with van der Waals surface area (Å²) in [6.07, 6.45) is 0. The normalized spacial score (nSPS) is 10.3. The quantitative estimate of drug-likeness (QED) is 0.695. The molecule has 3 N–H and O–H groups in total. The molecule has 2 aromatic carbocycles. The van der Waals surface area contributed by atoms with Crippen LogP contribution in [-0.2, 0) is 4.79 Å². The fourth-order valence-corrected chi connectivity index (χ4v) is 3.36. The van der Waals surface area contributed by atoms with Gasteiger partial charge in [0, 0.05) is 4.88 Å². The van der Waals surface area contributed by atoms with Gasteiger partial charge < -0.3 is 15.8 Å². The summed E-state index contributed by atoms with van der Waals surface area (Å²) in [5, 5.41) is 2.93. The van der Waals surface area contributed by atoms with E-state index in [1.54, 1.807) is 12.1 Å². The number of anilines is 1. The number of halogens is 1. The third-order valence-corrected chi connectivity index (χ3v) is 4.60. The number of benzene rings is 2. The number of ether oxygens (including phenoxy) is 1. The Labute approximate surface area is 153 Å². The summed E-state index contributed by atoms with van der Waals surface area (Å²) in [6.45, 7) is -0.391. The van der Waals surface area contributed by atoms with Gasteiger partial charge in [0.1, 0.15) is 5.00 Å². The first-order valence-corrected chi connectivity index (χ1v) is 8.52. The molecule has 0 bridgehead atoms.